The lowest BCUT2D eigenvalue weighted by atomic mass is 10.1. The van der Waals surface area contributed by atoms with Crippen molar-refractivity contribution in [3.8, 4) is 0 Å². The van der Waals surface area contributed by atoms with Gasteiger partial charge in [0, 0.05) is 24.7 Å². The van der Waals surface area contributed by atoms with Crippen LogP contribution in [0.3, 0.4) is 0 Å². The van der Waals surface area contributed by atoms with Crippen molar-refractivity contribution < 1.29 is 10.1 Å². The molecule has 1 aliphatic rings. The summed E-state index contributed by atoms with van der Waals surface area (Å²) in [5, 5.41) is 22.7. The highest BCUT2D eigenvalue weighted by Crippen LogP contribution is 2.38. The van der Waals surface area contributed by atoms with Crippen LogP contribution in [-0.2, 0) is 0 Å². The number of nitro groups is 1. The quantitative estimate of drug-likeness (QED) is 0.281. The normalized spacial score (nSPS) is 16.8. The molecule has 7 nitrogen and oxygen atoms in total. The highest BCUT2D eigenvalue weighted by atomic mass is 16.6. The van der Waals surface area contributed by atoms with E-state index in [0.717, 1.165) is 0 Å². The highest BCUT2D eigenvalue weighted by Gasteiger charge is 2.32. The number of oxime groups is 1. The number of rotatable bonds is 5. The van der Waals surface area contributed by atoms with Crippen LogP contribution in [0.5, 0.6) is 0 Å². The topological polar surface area (TPSA) is 105 Å². The fourth-order valence-corrected chi connectivity index (χ4v) is 2.30. The van der Waals surface area contributed by atoms with E-state index in [4.69, 9.17) is 10.9 Å². The summed E-state index contributed by atoms with van der Waals surface area (Å²) in [6, 6.07) is 4.85. The lowest BCUT2D eigenvalue weighted by Crippen LogP contribution is -2.31. The van der Waals surface area contributed by atoms with Gasteiger partial charge in [-0.1, -0.05) is 5.16 Å². The zero-order valence-electron chi connectivity index (χ0n) is 11.5. The van der Waals surface area contributed by atoms with Gasteiger partial charge in [-0.2, -0.15) is 0 Å². The zero-order valence-corrected chi connectivity index (χ0v) is 11.5. The van der Waals surface area contributed by atoms with Crippen LogP contribution in [0.15, 0.2) is 23.4 Å². The van der Waals surface area contributed by atoms with Gasteiger partial charge in [-0.15, -0.1) is 0 Å². The van der Waals surface area contributed by atoms with Crippen molar-refractivity contribution in [2.45, 2.75) is 25.8 Å². The summed E-state index contributed by atoms with van der Waals surface area (Å²) in [5.41, 5.74) is 6.31. The van der Waals surface area contributed by atoms with E-state index in [1.54, 1.807) is 12.1 Å². The Labute approximate surface area is 116 Å². The Hall–Kier alpha value is -2.31. The van der Waals surface area contributed by atoms with Crippen molar-refractivity contribution >= 4 is 17.2 Å². The molecule has 3 N–H and O–H groups in total. The predicted octanol–water partition coefficient (Wildman–Crippen LogP) is 1.92. The van der Waals surface area contributed by atoms with Crippen molar-refractivity contribution in [2.24, 2.45) is 16.8 Å². The molecule has 108 valence electrons. The van der Waals surface area contributed by atoms with Crippen molar-refractivity contribution in [2.75, 3.05) is 11.9 Å². The van der Waals surface area contributed by atoms with E-state index in [2.05, 4.69) is 12.1 Å². The SMILES string of the molecule is CC(C1CC1)N(C)c1ccc(C(N)=NO)cc1[N+](=O)[O-]. The van der Waals surface area contributed by atoms with Crippen LogP contribution in [0.2, 0.25) is 0 Å². The first-order valence-electron chi connectivity index (χ1n) is 6.45. The molecule has 0 saturated heterocycles. The Morgan fingerprint density at radius 3 is 2.75 bits per heavy atom. The summed E-state index contributed by atoms with van der Waals surface area (Å²) >= 11 is 0. The summed E-state index contributed by atoms with van der Waals surface area (Å²) in [5.74, 6) is 0.459. The van der Waals surface area contributed by atoms with Gasteiger partial charge in [0.1, 0.15) is 5.69 Å². The van der Waals surface area contributed by atoms with Gasteiger partial charge < -0.3 is 15.8 Å². The summed E-state index contributed by atoms with van der Waals surface area (Å²) < 4.78 is 0. The molecule has 0 spiro atoms. The molecule has 1 aliphatic carbocycles. The van der Waals surface area contributed by atoms with Crippen LogP contribution in [0, 0.1) is 16.0 Å². The van der Waals surface area contributed by atoms with Crippen LogP contribution in [0.4, 0.5) is 11.4 Å². The molecular weight excluding hydrogens is 260 g/mol. The molecule has 1 aromatic rings. The van der Waals surface area contributed by atoms with Gasteiger partial charge in [0.25, 0.3) is 5.69 Å². The molecule has 1 atom stereocenters. The van der Waals surface area contributed by atoms with E-state index in [9.17, 15) is 10.1 Å². The van der Waals surface area contributed by atoms with Crippen LogP contribution in [0.1, 0.15) is 25.3 Å². The number of benzene rings is 1. The van der Waals surface area contributed by atoms with Crippen molar-refractivity contribution in [3.05, 3.63) is 33.9 Å². The third-order valence-electron chi connectivity index (χ3n) is 3.87. The smallest absolute Gasteiger partial charge is 0.293 e. The molecule has 0 radical (unpaired) electrons. The third-order valence-corrected chi connectivity index (χ3v) is 3.87. The first-order valence-corrected chi connectivity index (χ1v) is 6.45. The summed E-state index contributed by atoms with van der Waals surface area (Å²) in [4.78, 5) is 12.7. The number of nitro benzene ring substituents is 1. The van der Waals surface area contributed by atoms with Crippen molar-refractivity contribution in [3.63, 3.8) is 0 Å². The van der Waals surface area contributed by atoms with E-state index in [-0.39, 0.29) is 17.6 Å². The van der Waals surface area contributed by atoms with Gasteiger partial charge in [-0.05, 0) is 37.8 Å². The fraction of sp³-hybridized carbons (Fsp3) is 0.462. The van der Waals surface area contributed by atoms with E-state index >= 15 is 0 Å². The van der Waals surface area contributed by atoms with Gasteiger partial charge in [0.05, 0.1) is 4.92 Å². The maximum atomic E-state index is 11.2. The minimum absolute atomic E-state index is 0.0379. The predicted molar refractivity (Wildman–Crippen MR) is 76.2 cm³/mol. The van der Waals surface area contributed by atoms with Crippen LogP contribution < -0.4 is 10.6 Å². The molecule has 0 amide bonds. The molecule has 1 fully saturated rings. The molecule has 0 bridgehead atoms. The second kappa shape index (κ2) is 5.36. The van der Waals surface area contributed by atoms with E-state index in [1.165, 1.54) is 18.9 Å². The van der Waals surface area contributed by atoms with Gasteiger partial charge >= 0.3 is 0 Å². The molecule has 1 aromatic carbocycles. The second-order valence-corrected chi connectivity index (χ2v) is 5.13. The van der Waals surface area contributed by atoms with Crippen LogP contribution in [-0.4, -0.2) is 29.1 Å². The molecule has 2 rings (SSSR count). The Kier molecular flexibility index (Phi) is 3.78. The Morgan fingerprint density at radius 2 is 2.25 bits per heavy atom. The Balaban J connectivity index is 2.39. The lowest BCUT2D eigenvalue weighted by Gasteiger charge is -2.26. The zero-order chi connectivity index (χ0) is 14.9. The van der Waals surface area contributed by atoms with Crippen molar-refractivity contribution in [1.29, 1.82) is 0 Å². The second-order valence-electron chi connectivity index (χ2n) is 5.13. The largest absolute Gasteiger partial charge is 0.409 e. The van der Waals surface area contributed by atoms with E-state index in [0.29, 0.717) is 17.2 Å². The third kappa shape index (κ3) is 2.66. The number of anilines is 1. The number of hydrogen-bond acceptors (Lipinski definition) is 5. The molecule has 0 heterocycles. The molecule has 1 unspecified atom stereocenters. The molecule has 20 heavy (non-hydrogen) atoms. The minimum atomic E-state index is -0.445. The monoisotopic (exact) mass is 278 g/mol. The minimum Gasteiger partial charge on any atom is -0.409 e. The average molecular weight is 278 g/mol. The summed E-state index contributed by atoms with van der Waals surface area (Å²) in [7, 11) is 1.86. The van der Waals surface area contributed by atoms with Gasteiger partial charge in [0.15, 0.2) is 5.84 Å². The Morgan fingerprint density at radius 1 is 1.60 bits per heavy atom. The van der Waals surface area contributed by atoms with Crippen LogP contribution >= 0.6 is 0 Å². The molecular formula is C13H18N4O3. The van der Waals surface area contributed by atoms with Crippen LogP contribution in [0.25, 0.3) is 0 Å². The molecule has 0 aliphatic heterocycles. The highest BCUT2D eigenvalue weighted by molar-refractivity contribution is 5.98. The standard InChI is InChI=1S/C13H18N4O3/c1-8(9-3-4-9)16(2)11-6-5-10(13(14)15-18)7-12(11)17(19)20/h5-9,18H,3-4H2,1-2H3,(H2,14,15). The maximum absolute atomic E-state index is 11.2. The van der Waals surface area contributed by atoms with Crippen molar-refractivity contribution in [1.82, 2.24) is 0 Å². The number of nitrogens with two attached hydrogens (primary N) is 1. The summed E-state index contributed by atoms with van der Waals surface area (Å²) in [6.45, 7) is 2.07. The number of hydrogen-bond donors (Lipinski definition) is 2. The van der Waals surface area contributed by atoms with Gasteiger partial charge in [-0.25, -0.2) is 0 Å². The number of amidine groups is 1. The first-order chi connectivity index (χ1) is 9.45. The maximum Gasteiger partial charge on any atom is 0.293 e. The molecule has 7 heteroatoms. The lowest BCUT2D eigenvalue weighted by molar-refractivity contribution is -0.384. The average Bonchev–Trinajstić information content (AvgIpc) is 3.28. The summed E-state index contributed by atoms with van der Waals surface area (Å²) in [6.07, 6.45) is 2.34. The van der Waals surface area contributed by atoms with Gasteiger partial charge in [0.2, 0.25) is 0 Å². The number of nitrogens with zero attached hydrogens (tertiary/aromatic N) is 3. The Bertz CT molecular complexity index is 555. The van der Waals surface area contributed by atoms with Gasteiger partial charge in [-0.3, -0.25) is 10.1 Å². The van der Waals surface area contributed by atoms with E-state index in [1.807, 2.05) is 11.9 Å². The molecule has 1 saturated carbocycles. The fourth-order valence-electron chi connectivity index (χ4n) is 2.30. The first kappa shape index (κ1) is 14.1. The molecule has 0 aromatic heterocycles. The van der Waals surface area contributed by atoms with E-state index < -0.39 is 4.92 Å².